The van der Waals surface area contributed by atoms with Crippen LogP contribution in [0.25, 0.3) is 0 Å². The van der Waals surface area contributed by atoms with Gasteiger partial charge in [0, 0.05) is 24.0 Å². The molecule has 3 nitrogen and oxygen atoms in total. The molecule has 0 bridgehead atoms. The van der Waals surface area contributed by atoms with Crippen molar-refractivity contribution in [2.24, 2.45) is 0 Å². The molecule has 0 heterocycles. The van der Waals surface area contributed by atoms with E-state index in [1.165, 1.54) is 0 Å². The Labute approximate surface area is 105 Å². The fourth-order valence-electron chi connectivity index (χ4n) is 1.33. The SMILES string of the molecule is COC(/C=C(/C)S(=O)c1ccc(C)cc1)OC. The molecule has 1 aromatic carbocycles. The van der Waals surface area contributed by atoms with Crippen LogP contribution >= 0.6 is 0 Å². The van der Waals surface area contributed by atoms with Crippen molar-refractivity contribution < 1.29 is 13.7 Å². The molecular formula is C13H18O3S. The molecule has 0 radical (unpaired) electrons. The van der Waals surface area contributed by atoms with Gasteiger partial charge in [0.05, 0.1) is 10.8 Å². The Morgan fingerprint density at radius 1 is 1.24 bits per heavy atom. The Kier molecular flexibility index (Phi) is 5.55. The molecule has 1 rings (SSSR count). The third-order valence-corrected chi connectivity index (χ3v) is 3.78. The van der Waals surface area contributed by atoms with Gasteiger partial charge in [0.15, 0.2) is 6.29 Å². The summed E-state index contributed by atoms with van der Waals surface area (Å²) in [5, 5.41) is 0. The molecule has 0 saturated carbocycles. The van der Waals surface area contributed by atoms with Crippen LogP contribution < -0.4 is 0 Å². The van der Waals surface area contributed by atoms with Gasteiger partial charge in [-0.3, -0.25) is 0 Å². The summed E-state index contributed by atoms with van der Waals surface area (Å²) in [7, 11) is 1.94. The third kappa shape index (κ3) is 4.07. The average Bonchev–Trinajstić information content (AvgIpc) is 2.35. The van der Waals surface area contributed by atoms with E-state index in [9.17, 15) is 4.21 Å². The first-order valence-corrected chi connectivity index (χ1v) is 6.46. The summed E-state index contributed by atoms with van der Waals surface area (Å²) in [5.74, 6) is 0. The second-order valence-corrected chi connectivity index (χ2v) is 5.35. The molecule has 1 aromatic rings. The van der Waals surface area contributed by atoms with Crippen LogP contribution in [0.1, 0.15) is 12.5 Å². The smallest absolute Gasteiger partial charge is 0.177 e. The summed E-state index contributed by atoms with van der Waals surface area (Å²) in [6, 6.07) is 7.64. The lowest BCUT2D eigenvalue weighted by atomic mass is 10.2. The zero-order valence-corrected chi connectivity index (χ0v) is 11.4. The first kappa shape index (κ1) is 14.1. The molecule has 0 fully saturated rings. The molecule has 94 valence electrons. The van der Waals surface area contributed by atoms with E-state index >= 15 is 0 Å². The second kappa shape index (κ2) is 6.69. The third-order valence-electron chi connectivity index (χ3n) is 2.36. The van der Waals surface area contributed by atoms with Crippen molar-refractivity contribution in [3.8, 4) is 0 Å². The van der Waals surface area contributed by atoms with Crippen LogP contribution in [0.5, 0.6) is 0 Å². The first-order valence-electron chi connectivity index (χ1n) is 5.31. The van der Waals surface area contributed by atoms with Crippen LogP contribution in [-0.4, -0.2) is 24.7 Å². The number of benzene rings is 1. The molecular weight excluding hydrogens is 236 g/mol. The maximum atomic E-state index is 12.2. The van der Waals surface area contributed by atoms with E-state index in [4.69, 9.17) is 9.47 Å². The van der Waals surface area contributed by atoms with E-state index in [2.05, 4.69) is 0 Å². The minimum atomic E-state index is -1.16. The van der Waals surface area contributed by atoms with Crippen LogP contribution in [0.4, 0.5) is 0 Å². The maximum absolute atomic E-state index is 12.2. The van der Waals surface area contributed by atoms with Crippen LogP contribution in [0.3, 0.4) is 0 Å². The van der Waals surface area contributed by atoms with Crippen LogP contribution in [0.2, 0.25) is 0 Å². The predicted molar refractivity (Wildman–Crippen MR) is 69.2 cm³/mol. The van der Waals surface area contributed by atoms with Gasteiger partial charge in [0.2, 0.25) is 0 Å². The largest absolute Gasteiger partial charge is 0.352 e. The molecule has 0 aliphatic rings. The van der Waals surface area contributed by atoms with Crippen molar-refractivity contribution in [1.82, 2.24) is 0 Å². The van der Waals surface area contributed by atoms with Crippen molar-refractivity contribution in [3.63, 3.8) is 0 Å². The average molecular weight is 254 g/mol. The number of aryl methyl sites for hydroxylation is 1. The molecule has 4 heteroatoms. The van der Waals surface area contributed by atoms with Gasteiger partial charge in [-0.15, -0.1) is 0 Å². The van der Waals surface area contributed by atoms with E-state index in [1.54, 1.807) is 27.2 Å². The predicted octanol–water partition coefficient (Wildman–Crippen LogP) is 2.63. The molecule has 0 saturated heterocycles. The van der Waals surface area contributed by atoms with Gasteiger partial charge in [-0.2, -0.15) is 0 Å². The Morgan fingerprint density at radius 2 is 1.76 bits per heavy atom. The zero-order chi connectivity index (χ0) is 12.8. The van der Waals surface area contributed by atoms with Gasteiger partial charge in [-0.05, 0) is 32.1 Å². The Bertz CT molecular complexity index is 405. The monoisotopic (exact) mass is 254 g/mol. The van der Waals surface area contributed by atoms with Crippen molar-refractivity contribution in [3.05, 3.63) is 40.8 Å². The number of rotatable bonds is 5. The van der Waals surface area contributed by atoms with Crippen molar-refractivity contribution in [2.45, 2.75) is 25.0 Å². The minimum Gasteiger partial charge on any atom is -0.352 e. The molecule has 1 unspecified atom stereocenters. The van der Waals surface area contributed by atoms with E-state index in [-0.39, 0.29) is 0 Å². The van der Waals surface area contributed by atoms with Gasteiger partial charge in [-0.25, -0.2) is 4.21 Å². The van der Waals surface area contributed by atoms with E-state index < -0.39 is 17.1 Å². The number of allylic oxidation sites excluding steroid dienone is 1. The summed E-state index contributed by atoms with van der Waals surface area (Å²) in [6.45, 7) is 3.81. The summed E-state index contributed by atoms with van der Waals surface area (Å²) >= 11 is 0. The highest BCUT2D eigenvalue weighted by Crippen LogP contribution is 2.15. The molecule has 0 amide bonds. The topological polar surface area (TPSA) is 35.5 Å². The molecule has 0 aliphatic carbocycles. The lowest BCUT2D eigenvalue weighted by Crippen LogP contribution is -2.10. The number of ether oxygens (including phenoxy) is 2. The molecule has 0 N–H and O–H groups in total. The normalized spacial score (nSPS) is 14.1. The molecule has 0 aromatic heterocycles. The summed E-state index contributed by atoms with van der Waals surface area (Å²) in [4.78, 5) is 1.51. The van der Waals surface area contributed by atoms with Crippen molar-refractivity contribution in [2.75, 3.05) is 14.2 Å². The van der Waals surface area contributed by atoms with Gasteiger partial charge in [0.25, 0.3) is 0 Å². The van der Waals surface area contributed by atoms with Gasteiger partial charge in [-0.1, -0.05) is 17.7 Å². The lowest BCUT2D eigenvalue weighted by molar-refractivity contribution is -0.0668. The quantitative estimate of drug-likeness (QED) is 0.758. The van der Waals surface area contributed by atoms with Crippen molar-refractivity contribution in [1.29, 1.82) is 0 Å². The minimum absolute atomic E-state index is 0.454. The second-order valence-electron chi connectivity index (χ2n) is 3.70. The van der Waals surface area contributed by atoms with Crippen molar-refractivity contribution >= 4 is 10.8 Å². The Hall–Kier alpha value is -0.970. The van der Waals surface area contributed by atoms with Crippen LogP contribution in [-0.2, 0) is 20.3 Å². The van der Waals surface area contributed by atoms with Gasteiger partial charge in [0.1, 0.15) is 0 Å². The van der Waals surface area contributed by atoms with Crippen LogP contribution in [0, 0.1) is 6.92 Å². The van der Waals surface area contributed by atoms with Crippen LogP contribution in [0.15, 0.2) is 40.1 Å². The summed E-state index contributed by atoms with van der Waals surface area (Å²) in [6.07, 6.45) is 1.26. The van der Waals surface area contributed by atoms with Gasteiger partial charge >= 0.3 is 0 Å². The maximum Gasteiger partial charge on any atom is 0.177 e. The standard InChI is InChI=1S/C13H18O3S/c1-10-5-7-12(8-6-10)17(14)11(2)9-13(15-3)16-4/h5-9,13H,1-4H3/b11-9-. The number of methoxy groups -OCH3 is 2. The number of hydrogen-bond acceptors (Lipinski definition) is 3. The Morgan fingerprint density at radius 3 is 2.24 bits per heavy atom. The molecule has 17 heavy (non-hydrogen) atoms. The highest BCUT2D eigenvalue weighted by atomic mass is 32.2. The van der Waals surface area contributed by atoms with Gasteiger partial charge < -0.3 is 9.47 Å². The fraction of sp³-hybridized carbons (Fsp3) is 0.385. The van der Waals surface area contributed by atoms with E-state index in [0.717, 1.165) is 15.4 Å². The molecule has 0 aliphatic heterocycles. The Balaban J connectivity index is 2.86. The number of hydrogen-bond donors (Lipinski definition) is 0. The highest BCUT2D eigenvalue weighted by Gasteiger charge is 2.09. The fourth-order valence-corrected chi connectivity index (χ4v) is 2.32. The molecule has 0 spiro atoms. The zero-order valence-electron chi connectivity index (χ0n) is 10.6. The summed E-state index contributed by atoms with van der Waals surface area (Å²) in [5.41, 5.74) is 1.15. The molecule has 1 atom stereocenters. The summed E-state index contributed by atoms with van der Waals surface area (Å²) < 4.78 is 22.2. The lowest BCUT2D eigenvalue weighted by Gasteiger charge is -2.10. The van der Waals surface area contributed by atoms with E-state index in [0.29, 0.717) is 0 Å². The first-order chi connectivity index (χ1) is 8.08. The highest BCUT2D eigenvalue weighted by molar-refractivity contribution is 7.89. The van der Waals surface area contributed by atoms with E-state index in [1.807, 2.05) is 31.2 Å².